The summed E-state index contributed by atoms with van der Waals surface area (Å²) >= 11 is 0. The van der Waals surface area contributed by atoms with Crippen LogP contribution in [-0.2, 0) is 5.60 Å². The van der Waals surface area contributed by atoms with Crippen molar-refractivity contribution in [2.24, 2.45) is 11.3 Å². The number of hydrogen-bond acceptors (Lipinski definition) is 4. The first-order valence-corrected chi connectivity index (χ1v) is 10.2. The summed E-state index contributed by atoms with van der Waals surface area (Å²) in [6, 6.07) is 10.5. The van der Waals surface area contributed by atoms with Crippen molar-refractivity contribution in [3.8, 4) is 0 Å². The average molecular weight is 359 g/mol. The number of nitrogens with one attached hydrogen (secondary N) is 2. The van der Waals surface area contributed by atoms with Gasteiger partial charge >= 0.3 is 0 Å². The second kappa shape index (κ2) is 6.30. The fourth-order valence-corrected chi connectivity index (χ4v) is 5.61. The average Bonchev–Trinajstić information content (AvgIpc) is 3.11. The summed E-state index contributed by atoms with van der Waals surface area (Å²) in [5.74, 6) is 0.275. The predicted molar refractivity (Wildman–Crippen MR) is 104 cm³/mol. The molecule has 26 heavy (non-hydrogen) atoms. The zero-order valence-corrected chi connectivity index (χ0v) is 16.3. The van der Waals surface area contributed by atoms with E-state index in [1.807, 2.05) is 37.3 Å². The molecule has 0 spiro atoms. The van der Waals surface area contributed by atoms with Crippen LogP contribution in [0.3, 0.4) is 0 Å². The predicted octanol–water partition coefficient (Wildman–Crippen LogP) is 2.54. The van der Waals surface area contributed by atoms with Crippen LogP contribution in [0.5, 0.6) is 0 Å². The fourth-order valence-electron chi connectivity index (χ4n) is 5.61. The third-order valence-corrected chi connectivity index (χ3v) is 7.35. The normalized spacial score (nSPS) is 41.6. The van der Waals surface area contributed by atoms with Gasteiger partial charge in [0.1, 0.15) is 5.60 Å². The van der Waals surface area contributed by atoms with Gasteiger partial charge in [-0.1, -0.05) is 50.6 Å². The minimum Gasteiger partial charge on any atom is -0.388 e. The van der Waals surface area contributed by atoms with E-state index in [9.17, 15) is 10.2 Å². The topological polar surface area (TPSA) is 64.5 Å². The molecule has 2 aliphatic heterocycles. The Balaban J connectivity index is 1.43. The van der Waals surface area contributed by atoms with Crippen LogP contribution >= 0.6 is 0 Å². The van der Waals surface area contributed by atoms with Gasteiger partial charge in [0.05, 0.1) is 5.60 Å². The Labute approximate surface area is 157 Å². The third-order valence-electron chi connectivity index (χ3n) is 7.35. The van der Waals surface area contributed by atoms with Gasteiger partial charge < -0.3 is 20.8 Å². The van der Waals surface area contributed by atoms with E-state index in [0.717, 1.165) is 44.2 Å². The van der Waals surface area contributed by atoms with Crippen LogP contribution in [-0.4, -0.2) is 40.5 Å². The first kappa shape index (κ1) is 18.4. The van der Waals surface area contributed by atoms with Gasteiger partial charge in [-0.2, -0.15) is 0 Å². The summed E-state index contributed by atoms with van der Waals surface area (Å²) in [6.07, 6.45) is 5.02. The van der Waals surface area contributed by atoms with Crippen molar-refractivity contribution in [2.75, 3.05) is 6.54 Å². The molecular weight excluding hydrogens is 324 g/mol. The van der Waals surface area contributed by atoms with Gasteiger partial charge in [0, 0.05) is 30.6 Å². The zero-order chi connectivity index (χ0) is 18.6. The highest BCUT2D eigenvalue weighted by molar-refractivity contribution is 5.26. The largest absolute Gasteiger partial charge is 0.388 e. The van der Waals surface area contributed by atoms with Crippen molar-refractivity contribution in [2.45, 2.75) is 82.2 Å². The van der Waals surface area contributed by atoms with Crippen LogP contribution in [0.1, 0.15) is 58.4 Å². The van der Waals surface area contributed by atoms with Crippen LogP contribution in [0.2, 0.25) is 0 Å². The quantitative estimate of drug-likeness (QED) is 0.668. The Hall–Kier alpha value is -0.940. The lowest BCUT2D eigenvalue weighted by molar-refractivity contribution is -0.0843. The molecule has 4 rings (SSSR count). The van der Waals surface area contributed by atoms with E-state index in [-0.39, 0.29) is 23.4 Å². The molecule has 0 amide bonds. The van der Waals surface area contributed by atoms with Crippen LogP contribution in [0.15, 0.2) is 30.3 Å². The van der Waals surface area contributed by atoms with Gasteiger partial charge in [-0.15, -0.1) is 0 Å². The second-order valence-electron chi connectivity index (χ2n) is 9.87. The summed E-state index contributed by atoms with van der Waals surface area (Å²) in [7, 11) is 0. The van der Waals surface area contributed by atoms with E-state index >= 15 is 0 Å². The second-order valence-corrected chi connectivity index (χ2v) is 9.87. The Bertz CT molecular complexity index is 639. The lowest BCUT2D eigenvalue weighted by Gasteiger charge is -2.51. The highest BCUT2D eigenvalue weighted by atomic mass is 16.3. The summed E-state index contributed by atoms with van der Waals surface area (Å²) < 4.78 is 0. The Kier molecular flexibility index (Phi) is 4.47. The standard InChI is InChI=1S/C22H34N2O2/c1-20(2)13-19(23-14-20)22(26)11-7-10-16(22)17-12-18(24-17)21(3,25)15-8-5-4-6-9-15/h4-6,8-9,16-19,23-26H,7,10-14H2,1-3H3/t16?,17?,18-,19-,21?,22?/m0/s1. The maximum atomic E-state index is 11.6. The molecule has 1 aromatic rings. The summed E-state index contributed by atoms with van der Waals surface area (Å²) in [5, 5.41) is 29.8. The van der Waals surface area contributed by atoms with Gasteiger partial charge in [0.15, 0.2) is 0 Å². The van der Waals surface area contributed by atoms with Gasteiger partial charge in [0.25, 0.3) is 0 Å². The first-order valence-electron chi connectivity index (χ1n) is 10.2. The Morgan fingerprint density at radius 3 is 2.50 bits per heavy atom. The molecule has 0 aromatic heterocycles. The molecule has 3 aliphatic rings. The maximum absolute atomic E-state index is 11.6. The van der Waals surface area contributed by atoms with Crippen molar-refractivity contribution >= 4 is 0 Å². The summed E-state index contributed by atoms with van der Waals surface area (Å²) in [4.78, 5) is 0. The SMILES string of the molecule is CC1(C)CN[C@H](C2(O)CCCC2C2C[C@@H](C(C)(O)c3ccccc3)N2)C1. The molecule has 2 heterocycles. The molecule has 0 radical (unpaired) electrons. The van der Waals surface area contributed by atoms with Gasteiger partial charge in [-0.3, -0.25) is 0 Å². The molecule has 4 N–H and O–H groups in total. The molecule has 3 fully saturated rings. The summed E-state index contributed by atoms with van der Waals surface area (Å²) in [5.41, 5.74) is -0.270. The van der Waals surface area contributed by atoms with Crippen molar-refractivity contribution < 1.29 is 10.2 Å². The molecule has 6 atom stereocenters. The van der Waals surface area contributed by atoms with E-state index in [0.29, 0.717) is 6.04 Å². The summed E-state index contributed by atoms with van der Waals surface area (Å²) in [6.45, 7) is 7.44. The number of rotatable bonds is 4. The van der Waals surface area contributed by atoms with Crippen LogP contribution in [0.25, 0.3) is 0 Å². The molecule has 2 saturated heterocycles. The molecule has 4 nitrogen and oxygen atoms in total. The molecule has 144 valence electrons. The molecule has 1 saturated carbocycles. The first-order chi connectivity index (χ1) is 12.2. The van der Waals surface area contributed by atoms with Crippen molar-refractivity contribution in [3.63, 3.8) is 0 Å². The Morgan fingerprint density at radius 2 is 1.88 bits per heavy atom. The van der Waals surface area contributed by atoms with Crippen molar-refractivity contribution in [1.29, 1.82) is 0 Å². The minimum atomic E-state index is -0.873. The number of hydrogen-bond donors (Lipinski definition) is 4. The highest BCUT2D eigenvalue weighted by Gasteiger charge is 2.56. The fraction of sp³-hybridized carbons (Fsp3) is 0.727. The van der Waals surface area contributed by atoms with Gasteiger partial charge in [-0.05, 0) is 43.6 Å². The van der Waals surface area contributed by atoms with Gasteiger partial charge in [0.2, 0.25) is 0 Å². The number of benzene rings is 1. The lowest BCUT2D eigenvalue weighted by Crippen LogP contribution is -2.67. The van der Waals surface area contributed by atoms with E-state index < -0.39 is 11.2 Å². The number of aliphatic hydroxyl groups is 2. The Morgan fingerprint density at radius 1 is 1.19 bits per heavy atom. The van der Waals surface area contributed by atoms with Crippen LogP contribution < -0.4 is 10.6 Å². The van der Waals surface area contributed by atoms with Gasteiger partial charge in [-0.25, -0.2) is 0 Å². The highest BCUT2D eigenvalue weighted by Crippen LogP contribution is 2.48. The van der Waals surface area contributed by atoms with E-state index in [1.165, 1.54) is 0 Å². The van der Waals surface area contributed by atoms with Crippen molar-refractivity contribution in [1.82, 2.24) is 10.6 Å². The minimum absolute atomic E-state index is 0.0488. The monoisotopic (exact) mass is 358 g/mol. The van der Waals surface area contributed by atoms with Crippen LogP contribution in [0.4, 0.5) is 0 Å². The molecule has 0 bridgehead atoms. The molecule has 1 aliphatic carbocycles. The molecule has 1 aromatic carbocycles. The van der Waals surface area contributed by atoms with E-state index in [2.05, 4.69) is 24.5 Å². The van der Waals surface area contributed by atoms with Crippen LogP contribution in [0, 0.1) is 11.3 Å². The third kappa shape index (κ3) is 3.01. The maximum Gasteiger partial charge on any atom is 0.102 e. The smallest absolute Gasteiger partial charge is 0.102 e. The molecular formula is C22H34N2O2. The lowest BCUT2D eigenvalue weighted by atomic mass is 9.69. The van der Waals surface area contributed by atoms with E-state index in [1.54, 1.807) is 0 Å². The molecule has 4 unspecified atom stereocenters. The van der Waals surface area contributed by atoms with Crippen molar-refractivity contribution in [3.05, 3.63) is 35.9 Å². The van der Waals surface area contributed by atoms with E-state index in [4.69, 9.17) is 0 Å². The zero-order valence-electron chi connectivity index (χ0n) is 16.3. The molecule has 4 heteroatoms.